The topological polar surface area (TPSA) is 80.3 Å². The monoisotopic (exact) mass is 572 g/mol. The number of hydrogen-bond donors (Lipinski definition) is 0. The second kappa shape index (κ2) is 40.7. The van der Waals surface area contributed by atoms with Gasteiger partial charge < -0.3 is 19.8 Å². The molecule has 0 aromatic rings. The van der Waals surface area contributed by atoms with E-state index in [1.807, 2.05) is 0 Å². The first kappa shape index (κ1) is 44.0. The fourth-order valence-corrected chi connectivity index (χ4v) is 4.68. The van der Waals surface area contributed by atoms with Crippen LogP contribution in [0, 0.1) is 0 Å². The van der Waals surface area contributed by atoms with Crippen LogP contribution >= 0.6 is 0 Å². The normalized spacial score (nSPS) is 11.0. The third-order valence-corrected chi connectivity index (χ3v) is 7.29. The number of aliphatic carboxylic acids is 2. The number of unbranched alkanes of at least 4 members (excludes halogenated alkanes) is 22. The van der Waals surface area contributed by atoms with Gasteiger partial charge in [0.1, 0.15) is 0 Å². The van der Waals surface area contributed by atoms with Crippen LogP contribution in [0.4, 0.5) is 0 Å². The van der Waals surface area contributed by atoms with Crippen LogP contribution in [0.2, 0.25) is 0 Å². The van der Waals surface area contributed by atoms with E-state index >= 15 is 0 Å². The van der Waals surface area contributed by atoms with E-state index in [-0.39, 0.29) is 23.0 Å². The van der Waals surface area contributed by atoms with Gasteiger partial charge in [-0.3, -0.25) is 0 Å². The zero-order valence-corrected chi connectivity index (χ0v) is 27.4. The molecule has 5 heteroatoms. The Labute approximate surface area is 259 Å². The molecule has 0 fully saturated rings. The Hall–Kier alpha value is -1.41. The van der Waals surface area contributed by atoms with Gasteiger partial charge >= 0.3 is 10.1 Å². The maximum Gasteiger partial charge on any atom is 2.00 e. The Morgan fingerprint density at radius 2 is 0.610 bits per heavy atom. The Morgan fingerprint density at radius 1 is 0.390 bits per heavy atom. The van der Waals surface area contributed by atoms with E-state index in [9.17, 15) is 19.8 Å². The molecule has 0 rings (SSSR count). The zero-order chi connectivity index (χ0) is 29.8. The van der Waals surface area contributed by atoms with E-state index in [2.05, 4.69) is 38.2 Å². The maximum absolute atomic E-state index is 10.2. The Kier molecular flexibility index (Phi) is 43.7. The zero-order valence-electron chi connectivity index (χ0n) is 27.4. The van der Waals surface area contributed by atoms with Crippen LogP contribution in [0.1, 0.15) is 194 Å². The van der Waals surface area contributed by atoms with E-state index in [0.717, 1.165) is 38.5 Å². The first-order chi connectivity index (χ1) is 19.5. The fraction of sp³-hybridized carbons (Fsp3) is 0.833. The van der Waals surface area contributed by atoms with Gasteiger partial charge in [0.15, 0.2) is 0 Å². The molecule has 0 aromatic carbocycles. The maximum atomic E-state index is 10.2. The van der Waals surface area contributed by atoms with Crippen molar-refractivity contribution in [2.75, 3.05) is 0 Å². The van der Waals surface area contributed by atoms with Crippen molar-refractivity contribution >= 4 is 22.1 Å². The number of carbonyl (C=O) groups excluding carboxylic acids is 2. The molecule has 0 N–H and O–H groups in total. The number of allylic oxidation sites excluding steroid dienone is 4. The van der Waals surface area contributed by atoms with Gasteiger partial charge in [-0.15, -0.1) is 0 Å². The molecule has 0 bridgehead atoms. The molecule has 0 saturated heterocycles. The van der Waals surface area contributed by atoms with Gasteiger partial charge in [-0.25, -0.2) is 0 Å². The van der Waals surface area contributed by atoms with Gasteiger partial charge in [0.2, 0.25) is 0 Å². The average molecular weight is 572 g/mol. The van der Waals surface area contributed by atoms with Gasteiger partial charge in [0.25, 0.3) is 0 Å². The van der Waals surface area contributed by atoms with E-state index in [0.29, 0.717) is 0 Å². The molecule has 0 radical (unpaired) electrons. The molecule has 0 heterocycles. The van der Waals surface area contributed by atoms with Crippen LogP contribution in [0.25, 0.3) is 0 Å². The molecule has 4 nitrogen and oxygen atoms in total. The molecule has 0 aliphatic rings. The molecule has 236 valence electrons. The molecular formula is C36H66BeO4. The summed E-state index contributed by atoms with van der Waals surface area (Å²) in [7, 11) is 0. The van der Waals surface area contributed by atoms with Crippen molar-refractivity contribution in [2.24, 2.45) is 0 Å². The Bertz CT molecular complexity index is 524. The SMILES string of the molecule is CCCCCCCCC=CCCCCCCCC(=O)[O-].CCCCCCCCC=CCCCCCCCC(=O)[O-].[Be+2]. The van der Waals surface area contributed by atoms with Crippen LogP contribution in [-0.4, -0.2) is 22.1 Å². The number of carbonyl (C=O) groups is 2. The molecule has 0 aliphatic carbocycles. The van der Waals surface area contributed by atoms with Gasteiger partial charge in [0, 0.05) is 11.9 Å². The summed E-state index contributed by atoms with van der Waals surface area (Å²) in [5.41, 5.74) is 0. The van der Waals surface area contributed by atoms with Crippen LogP contribution in [0.5, 0.6) is 0 Å². The molecule has 0 saturated carbocycles. The predicted octanol–water partition coefficient (Wildman–Crippen LogP) is 9.17. The van der Waals surface area contributed by atoms with Gasteiger partial charge in [-0.05, 0) is 77.0 Å². The van der Waals surface area contributed by atoms with Crippen LogP contribution < -0.4 is 10.2 Å². The van der Waals surface area contributed by atoms with Crippen molar-refractivity contribution in [3.05, 3.63) is 24.3 Å². The third kappa shape index (κ3) is 48.6. The summed E-state index contributed by atoms with van der Waals surface area (Å²) in [6.45, 7) is 4.51. The van der Waals surface area contributed by atoms with Gasteiger partial charge in [-0.1, -0.05) is 141 Å². The smallest absolute Gasteiger partial charge is 0.550 e. The Balaban J connectivity index is -0.000000688. The number of rotatable bonds is 30. The predicted molar refractivity (Wildman–Crippen MR) is 175 cm³/mol. The molecule has 0 spiro atoms. The number of carboxylic acids is 2. The van der Waals surface area contributed by atoms with Crippen LogP contribution in [0.15, 0.2) is 24.3 Å². The van der Waals surface area contributed by atoms with E-state index < -0.39 is 11.9 Å². The Morgan fingerprint density at radius 3 is 0.854 bits per heavy atom. The fourth-order valence-electron chi connectivity index (χ4n) is 4.68. The van der Waals surface area contributed by atoms with Crippen molar-refractivity contribution in [1.29, 1.82) is 0 Å². The van der Waals surface area contributed by atoms with Gasteiger partial charge in [0.05, 0.1) is 0 Å². The quantitative estimate of drug-likeness (QED) is 0.0489. The summed E-state index contributed by atoms with van der Waals surface area (Å²) in [6, 6.07) is 0. The van der Waals surface area contributed by atoms with E-state index in [1.54, 1.807) is 0 Å². The third-order valence-electron chi connectivity index (χ3n) is 7.29. The average Bonchev–Trinajstić information content (AvgIpc) is 2.93. The summed E-state index contributed by atoms with van der Waals surface area (Å²) in [4.78, 5) is 20.4. The van der Waals surface area contributed by atoms with Crippen molar-refractivity contribution < 1.29 is 19.8 Å². The standard InChI is InChI=1S/2C18H34O2.Be/c2*1-2-3-4-5-6-7-8-9-10-11-12-13-14-15-16-17-18(19)20;/h2*9-10H,2-8,11-17H2,1H3,(H,19,20);/q;;+2/p-2. The van der Waals surface area contributed by atoms with Crippen LogP contribution in [-0.2, 0) is 9.59 Å². The second-order valence-electron chi connectivity index (χ2n) is 11.4. The summed E-state index contributed by atoms with van der Waals surface area (Å²) in [5, 5.41) is 20.4. The summed E-state index contributed by atoms with van der Waals surface area (Å²) in [5.74, 6) is -1.83. The summed E-state index contributed by atoms with van der Waals surface area (Å²) in [6.07, 6.45) is 41.8. The molecular weight excluding hydrogens is 505 g/mol. The molecule has 41 heavy (non-hydrogen) atoms. The molecule has 0 amide bonds. The minimum absolute atomic E-state index is 0. The molecule has 0 atom stereocenters. The van der Waals surface area contributed by atoms with E-state index in [1.165, 1.54) is 128 Å². The van der Waals surface area contributed by atoms with Gasteiger partial charge in [-0.2, -0.15) is 0 Å². The number of hydrogen-bond acceptors (Lipinski definition) is 4. The van der Waals surface area contributed by atoms with Crippen molar-refractivity contribution in [1.82, 2.24) is 0 Å². The first-order valence-electron chi connectivity index (χ1n) is 17.2. The van der Waals surface area contributed by atoms with Crippen LogP contribution in [0.3, 0.4) is 0 Å². The van der Waals surface area contributed by atoms with E-state index in [4.69, 9.17) is 0 Å². The second-order valence-corrected chi connectivity index (χ2v) is 11.4. The summed E-state index contributed by atoms with van der Waals surface area (Å²) < 4.78 is 0. The molecule has 0 aromatic heterocycles. The first-order valence-corrected chi connectivity index (χ1v) is 17.2. The minimum Gasteiger partial charge on any atom is -0.550 e. The molecule has 0 aliphatic heterocycles. The molecule has 0 unspecified atom stereocenters. The van der Waals surface area contributed by atoms with Crippen molar-refractivity contribution in [2.45, 2.75) is 194 Å². The largest absolute Gasteiger partial charge is 2.00 e. The summed E-state index contributed by atoms with van der Waals surface area (Å²) >= 11 is 0. The number of carboxylic acid groups (broad SMARTS) is 2. The van der Waals surface area contributed by atoms with Crippen molar-refractivity contribution in [3.8, 4) is 0 Å². The van der Waals surface area contributed by atoms with Crippen molar-refractivity contribution in [3.63, 3.8) is 0 Å². The minimum atomic E-state index is -0.914.